The summed E-state index contributed by atoms with van der Waals surface area (Å²) in [6, 6.07) is 7.11. The number of urea groups is 1. The van der Waals surface area contributed by atoms with Gasteiger partial charge in [-0.2, -0.15) is 0 Å². The van der Waals surface area contributed by atoms with Gasteiger partial charge in [0, 0.05) is 12.2 Å². The highest BCUT2D eigenvalue weighted by Crippen LogP contribution is 2.36. The Bertz CT molecular complexity index is 465. The van der Waals surface area contributed by atoms with Crippen LogP contribution < -0.4 is 10.6 Å². The van der Waals surface area contributed by atoms with Gasteiger partial charge in [-0.3, -0.25) is 0 Å². The first-order chi connectivity index (χ1) is 9.48. The molecule has 0 heterocycles. The van der Waals surface area contributed by atoms with E-state index in [9.17, 15) is 9.90 Å². The summed E-state index contributed by atoms with van der Waals surface area (Å²) in [5, 5.41) is 15.3. The van der Waals surface area contributed by atoms with Crippen molar-refractivity contribution in [3.05, 3.63) is 29.8 Å². The van der Waals surface area contributed by atoms with Crippen molar-refractivity contribution in [3.63, 3.8) is 0 Å². The zero-order valence-corrected chi connectivity index (χ0v) is 12.3. The van der Waals surface area contributed by atoms with E-state index in [-0.39, 0.29) is 11.4 Å². The van der Waals surface area contributed by atoms with E-state index in [0.717, 1.165) is 12.1 Å². The summed E-state index contributed by atoms with van der Waals surface area (Å²) in [4.78, 5) is 11.9. The minimum absolute atomic E-state index is 0.180. The highest BCUT2D eigenvalue weighted by atomic mass is 16.3. The van der Waals surface area contributed by atoms with Crippen LogP contribution in [0.25, 0.3) is 0 Å². The summed E-state index contributed by atoms with van der Waals surface area (Å²) < 4.78 is 0. The standard InChI is InChI=1S/C16H24N2O2/c1-12(19)13-6-5-7-14(10-13)18-15(20)17-11-16(2)8-3-4-9-16/h5-7,10,12,19H,3-4,8-9,11H2,1-2H3,(H2,17,18,20). The minimum Gasteiger partial charge on any atom is -0.389 e. The molecule has 0 saturated heterocycles. The van der Waals surface area contributed by atoms with Gasteiger partial charge in [0.2, 0.25) is 0 Å². The number of anilines is 1. The molecule has 4 heteroatoms. The van der Waals surface area contributed by atoms with E-state index in [1.165, 1.54) is 25.7 Å². The molecule has 1 atom stereocenters. The molecule has 0 radical (unpaired) electrons. The van der Waals surface area contributed by atoms with Crippen LogP contribution >= 0.6 is 0 Å². The van der Waals surface area contributed by atoms with Crippen molar-refractivity contribution in [2.24, 2.45) is 5.41 Å². The van der Waals surface area contributed by atoms with E-state index in [1.54, 1.807) is 13.0 Å². The van der Waals surface area contributed by atoms with Crippen molar-refractivity contribution in [1.29, 1.82) is 0 Å². The lowest BCUT2D eigenvalue weighted by molar-refractivity contribution is 0.199. The topological polar surface area (TPSA) is 61.4 Å². The average molecular weight is 276 g/mol. The lowest BCUT2D eigenvalue weighted by Gasteiger charge is -2.23. The SMILES string of the molecule is CC(O)c1cccc(NC(=O)NCC2(C)CCCC2)c1. The first-order valence-electron chi connectivity index (χ1n) is 7.31. The molecule has 20 heavy (non-hydrogen) atoms. The second-order valence-corrected chi connectivity index (χ2v) is 6.13. The van der Waals surface area contributed by atoms with Gasteiger partial charge in [0.05, 0.1) is 6.10 Å². The molecule has 1 aliphatic rings. The predicted octanol–water partition coefficient (Wildman–Crippen LogP) is 3.44. The molecule has 3 N–H and O–H groups in total. The van der Waals surface area contributed by atoms with Crippen LogP contribution in [0.1, 0.15) is 51.2 Å². The molecule has 1 aromatic rings. The number of rotatable bonds is 4. The van der Waals surface area contributed by atoms with Crippen LogP contribution in [0, 0.1) is 5.41 Å². The van der Waals surface area contributed by atoms with Gasteiger partial charge in [-0.25, -0.2) is 4.79 Å². The third-order valence-corrected chi connectivity index (χ3v) is 4.11. The molecule has 1 unspecified atom stereocenters. The van der Waals surface area contributed by atoms with Crippen LogP contribution in [0.2, 0.25) is 0 Å². The van der Waals surface area contributed by atoms with Gasteiger partial charge in [0.1, 0.15) is 0 Å². The maximum Gasteiger partial charge on any atom is 0.319 e. The van der Waals surface area contributed by atoms with Gasteiger partial charge in [0.25, 0.3) is 0 Å². The van der Waals surface area contributed by atoms with Crippen molar-refractivity contribution in [3.8, 4) is 0 Å². The molecule has 2 rings (SSSR count). The molecular formula is C16H24N2O2. The molecule has 1 aliphatic carbocycles. The fourth-order valence-corrected chi connectivity index (χ4v) is 2.75. The smallest absolute Gasteiger partial charge is 0.319 e. The van der Waals surface area contributed by atoms with E-state index in [0.29, 0.717) is 5.69 Å². The maximum atomic E-state index is 11.9. The highest BCUT2D eigenvalue weighted by Gasteiger charge is 2.28. The van der Waals surface area contributed by atoms with Crippen LogP contribution in [0.3, 0.4) is 0 Å². The van der Waals surface area contributed by atoms with Crippen molar-refractivity contribution in [1.82, 2.24) is 5.32 Å². The zero-order valence-electron chi connectivity index (χ0n) is 12.3. The molecule has 1 saturated carbocycles. The number of aliphatic hydroxyl groups excluding tert-OH is 1. The number of carbonyl (C=O) groups is 1. The fraction of sp³-hybridized carbons (Fsp3) is 0.562. The van der Waals surface area contributed by atoms with Gasteiger partial charge >= 0.3 is 6.03 Å². The molecule has 4 nitrogen and oxygen atoms in total. The number of carbonyl (C=O) groups excluding carboxylic acids is 1. The predicted molar refractivity (Wildman–Crippen MR) is 80.7 cm³/mol. The average Bonchev–Trinajstić information content (AvgIpc) is 2.84. The molecule has 2 amide bonds. The molecule has 1 aromatic carbocycles. The first-order valence-corrected chi connectivity index (χ1v) is 7.31. The molecule has 1 fully saturated rings. The molecule has 0 aromatic heterocycles. The van der Waals surface area contributed by atoms with Gasteiger partial charge in [0.15, 0.2) is 0 Å². The van der Waals surface area contributed by atoms with Crippen molar-refractivity contribution in [2.75, 3.05) is 11.9 Å². The Kier molecular flexibility index (Phi) is 4.65. The Hall–Kier alpha value is -1.55. The van der Waals surface area contributed by atoms with Crippen molar-refractivity contribution < 1.29 is 9.90 Å². The summed E-state index contributed by atoms with van der Waals surface area (Å²) in [5.74, 6) is 0. The number of hydrogen-bond donors (Lipinski definition) is 3. The Labute approximate surface area is 120 Å². The van der Waals surface area contributed by atoms with Crippen LogP contribution in [-0.4, -0.2) is 17.7 Å². The Morgan fingerprint density at radius 3 is 2.75 bits per heavy atom. The van der Waals surface area contributed by atoms with Crippen LogP contribution in [-0.2, 0) is 0 Å². The summed E-state index contributed by atoms with van der Waals surface area (Å²) in [6.07, 6.45) is 4.36. The van der Waals surface area contributed by atoms with E-state index >= 15 is 0 Å². The second-order valence-electron chi connectivity index (χ2n) is 6.13. The van der Waals surface area contributed by atoms with E-state index in [1.807, 2.05) is 18.2 Å². The summed E-state index contributed by atoms with van der Waals surface area (Å²) in [5.41, 5.74) is 1.75. The van der Waals surface area contributed by atoms with Gasteiger partial charge in [-0.05, 0) is 42.9 Å². The maximum absolute atomic E-state index is 11.9. The summed E-state index contributed by atoms with van der Waals surface area (Å²) >= 11 is 0. The molecule has 0 bridgehead atoms. The first kappa shape index (κ1) is 14.9. The summed E-state index contributed by atoms with van der Waals surface area (Å²) in [6.45, 7) is 4.66. The second kappa shape index (κ2) is 6.27. The third kappa shape index (κ3) is 3.97. The van der Waals surface area contributed by atoms with E-state index in [4.69, 9.17) is 0 Å². The van der Waals surface area contributed by atoms with Gasteiger partial charge in [-0.1, -0.05) is 31.9 Å². The lowest BCUT2D eigenvalue weighted by atomic mass is 9.89. The molecule has 110 valence electrons. The monoisotopic (exact) mass is 276 g/mol. The molecular weight excluding hydrogens is 252 g/mol. The number of benzene rings is 1. The van der Waals surface area contributed by atoms with Gasteiger partial charge < -0.3 is 15.7 Å². The summed E-state index contributed by atoms with van der Waals surface area (Å²) in [7, 11) is 0. The Morgan fingerprint density at radius 1 is 1.40 bits per heavy atom. The van der Waals surface area contributed by atoms with Crippen molar-refractivity contribution in [2.45, 2.75) is 45.6 Å². The van der Waals surface area contributed by atoms with E-state index in [2.05, 4.69) is 17.6 Å². The van der Waals surface area contributed by atoms with Gasteiger partial charge in [-0.15, -0.1) is 0 Å². The quantitative estimate of drug-likeness (QED) is 0.789. The number of amides is 2. The third-order valence-electron chi connectivity index (χ3n) is 4.11. The highest BCUT2D eigenvalue weighted by molar-refractivity contribution is 5.89. The van der Waals surface area contributed by atoms with Crippen LogP contribution in [0.4, 0.5) is 10.5 Å². The number of nitrogens with one attached hydrogen (secondary N) is 2. The minimum atomic E-state index is -0.530. The largest absolute Gasteiger partial charge is 0.389 e. The molecule has 0 spiro atoms. The zero-order chi connectivity index (χ0) is 14.6. The number of hydrogen-bond acceptors (Lipinski definition) is 2. The lowest BCUT2D eigenvalue weighted by Crippen LogP contribution is -2.36. The Balaban J connectivity index is 1.86. The van der Waals surface area contributed by atoms with Crippen LogP contribution in [0.5, 0.6) is 0 Å². The normalized spacial score (nSPS) is 18.6. The van der Waals surface area contributed by atoms with Crippen molar-refractivity contribution >= 4 is 11.7 Å². The number of aliphatic hydroxyl groups is 1. The fourth-order valence-electron chi connectivity index (χ4n) is 2.75. The molecule has 0 aliphatic heterocycles. The van der Waals surface area contributed by atoms with Crippen LogP contribution in [0.15, 0.2) is 24.3 Å². The Morgan fingerprint density at radius 2 is 2.10 bits per heavy atom. The van der Waals surface area contributed by atoms with E-state index < -0.39 is 6.10 Å².